The average molecular weight is 964 g/mol. The van der Waals surface area contributed by atoms with Gasteiger partial charge in [0.05, 0.1) is 17.8 Å². The van der Waals surface area contributed by atoms with Crippen LogP contribution in [0, 0.1) is 5.92 Å². The standard InChI is InChI=1S/C44H77N13O11/c1-9-34(45)49-20-11-16-29(38(62)56-23-13-18-31(56)36(60)52-26(2)33(58)25-28(40(64)65)15-10-22-51-42(66)48-8)54-35(59)27(3)53-37(61)32-19-14-24-57(32)39(63)30(17-12-21-50-41(46)47-7)55-43(67)68-44(4,5)6/h26-32H,9-25H2,1-8H3,(H2,45,49)(H,52,60)(H,53,61)(H,54,59)(H,55,67)(H,64,65)(H3,46,47,50)(H2,48,51,66). The number of hydrogen-bond acceptors (Lipinski definition) is 12. The summed E-state index contributed by atoms with van der Waals surface area (Å²) < 4.78 is 5.41. The zero-order chi connectivity index (χ0) is 51.1. The molecule has 0 aromatic carbocycles. The molecule has 0 aromatic rings. The molecule has 7 atom stereocenters. The summed E-state index contributed by atoms with van der Waals surface area (Å²) in [6.07, 6.45) is 2.28. The van der Waals surface area contributed by atoms with Gasteiger partial charge in [0.15, 0.2) is 11.7 Å². The predicted octanol–water partition coefficient (Wildman–Crippen LogP) is -0.413. The van der Waals surface area contributed by atoms with Crippen molar-refractivity contribution in [2.24, 2.45) is 27.4 Å². The SMILES string of the molecule is CCC(N)=NCCCC(NC(=O)C(C)NC(=O)C1CCCN1C(=O)C(CCCNC(N)=NC)NC(=O)OC(C)(C)C)C(=O)N1CCCC1C(=O)NC(C)C(=O)CC(CCCNC(=O)NC)C(=O)O. The normalized spacial score (nSPS) is 18.5. The molecule has 2 saturated heterocycles. The number of rotatable bonds is 26. The number of carboxylic acids is 1. The van der Waals surface area contributed by atoms with Gasteiger partial charge in [0.2, 0.25) is 29.5 Å². The molecule has 2 aliphatic rings. The second-order valence-corrected chi connectivity index (χ2v) is 18.0. The molecule has 24 nitrogen and oxygen atoms in total. The Morgan fingerprint density at radius 2 is 1.29 bits per heavy atom. The summed E-state index contributed by atoms with van der Waals surface area (Å²) >= 11 is 0. The Balaban J connectivity index is 2.19. The molecule has 24 heteroatoms. The van der Waals surface area contributed by atoms with Crippen LogP contribution in [0.2, 0.25) is 0 Å². The highest BCUT2D eigenvalue weighted by Crippen LogP contribution is 2.23. The van der Waals surface area contributed by atoms with Gasteiger partial charge in [-0.3, -0.25) is 43.5 Å². The Morgan fingerprint density at radius 3 is 1.82 bits per heavy atom. The number of carbonyl (C=O) groups is 9. The highest BCUT2D eigenvalue weighted by atomic mass is 16.6. The number of likely N-dealkylation sites (tertiary alicyclic amines) is 2. The third kappa shape index (κ3) is 19.9. The maximum absolute atomic E-state index is 14.3. The van der Waals surface area contributed by atoms with Crippen LogP contribution in [-0.4, -0.2) is 169 Å². The predicted molar refractivity (Wildman–Crippen MR) is 253 cm³/mol. The molecule has 7 unspecified atom stereocenters. The van der Waals surface area contributed by atoms with Gasteiger partial charge in [-0.2, -0.15) is 0 Å². The van der Waals surface area contributed by atoms with E-state index < -0.39 is 101 Å². The van der Waals surface area contributed by atoms with Crippen molar-refractivity contribution in [2.45, 2.75) is 160 Å². The van der Waals surface area contributed by atoms with Crippen LogP contribution in [0.25, 0.3) is 0 Å². The van der Waals surface area contributed by atoms with Crippen molar-refractivity contribution in [3.8, 4) is 0 Å². The maximum Gasteiger partial charge on any atom is 0.408 e. The molecule has 0 saturated carbocycles. The first-order valence-electron chi connectivity index (χ1n) is 23.5. The molecular weight excluding hydrogens is 887 g/mol. The van der Waals surface area contributed by atoms with Gasteiger partial charge in [0.1, 0.15) is 35.8 Å². The van der Waals surface area contributed by atoms with Gasteiger partial charge in [-0.1, -0.05) is 6.92 Å². The molecule has 2 heterocycles. The van der Waals surface area contributed by atoms with Crippen LogP contribution in [0.5, 0.6) is 0 Å². The summed E-state index contributed by atoms with van der Waals surface area (Å²) in [5.74, 6) is -5.12. The van der Waals surface area contributed by atoms with Crippen LogP contribution in [0.4, 0.5) is 9.59 Å². The first-order chi connectivity index (χ1) is 32.0. The number of nitrogens with one attached hydrogen (secondary N) is 7. The number of alkyl carbamates (subject to hydrolysis) is 1. The Hall–Kier alpha value is -6.23. The number of Topliss-reactive ketones (excluding diaryl/α,β-unsaturated/α-hetero) is 1. The molecule has 12 N–H and O–H groups in total. The zero-order valence-corrected chi connectivity index (χ0v) is 41.0. The Bertz CT molecular complexity index is 1820. The van der Waals surface area contributed by atoms with Crippen LogP contribution < -0.4 is 48.7 Å². The first kappa shape index (κ1) is 57.9. The van der Waals surface area contributed by atoms with Crippen LogP contribution >= 0.6 is 0 Å². The maximum atomic E-state index is 14.3. The number of carboxylic acid groups (broad SMARTS) is 1. The van der Waals surface area contributed by atoms with Crippen molar-refractivity contribution in [1.82, 2.24) is 47.0 Å². The minimum absolute atomic E-state index is 0.102. The fourth-order valence-electron chi connectivity index (χ4n) is 7.64. The van der Waals surface area contributed by atoms with E-state index in [1.165, 1.54) is 37.7 Å². The molecule has 0 aliphatic carbocycles. The van der Waals surface area contributed by atoms with E-state index in [0.717, 1.165) is 0 Å². The van der Waals surface area contributed by atoms with E-state index in [9.17, 15) is 48.3 Å². The number of ether oxygens (including phenoxy) is 1. The number of amides is 8. The summed E-state index contributed by atoms with van der Waals surface area (Å²) in [5, 5.41) is 28.3. The fraction of sp³-hybridized carbons (Fsp3) is 0.750. The number of aliphatic carboxylic acids is 1. The minimum atomic E-state index is -1.19. The lowest BCUT2D eigenvalue weighted by molar-refractivity contribution is -0.144. The van der Waals surface area contributed by atoms with Crippen molar-refractivity contribution in [2.75, 3.05) is 46.8 Å². The Labute approximate surface area is 399 Å². The number of nitrogens with zero attached hydrogens (tertiary/aromatic N) is 4. The molecule has 68 heavy (non-hydrogen) atoms. The quantitative estimate of drug-likeness (QED) is 0.0299. The molecule has 0 bridgehead atoms. The van der Waals surface area contributed by atoms with E-state index >= 15 is 0 Å². The molecule has 8 amide bonds. The number of nitrogens with two attached hydrogens (primary N) is 2. The summed E-state index contributed by atoms with van der Waals surface area (Å²) in [6, 6.07) is -6.83. The average Bonchev–Trinajstić information content (AvgIpc) is 3.99. The van der Waals surface area contributed by atoms with E-state index in [1.54, 1.807) is 20.8 Å². The molecule has 384 valence electrons. The van der Waals surface area contributed by atoms with E-state index in [-0.39, 0.29) is 64.2 Å². The molecule has 2 aliphatic heterocycles. The van der Waals surface area contributed by atoms with Crippen molar-refractivity contribution >= 4 is 65.2 Å². The van der Waals surface area contributed by atoms with Crippen molar-refractivity contribution in [3.05, 3.63) is 0 Å². The molecule has 2 rings (SSSR count). The lowest BCUT2D eigenvalue weighted by Crippen LogP contribution is -2.58. The van der Waals surface area contributed by atoms with Crippen LogP contribution in [0.15, 0.2) is 9.98 Å². The smallest absolute Gasteiger partial charge is 0.408 e. The van der Waals surface area contributed by atoms with Crippen LogP contribution in [0.1, 0.15) is 119 Å². The van der Waals surface area contributed by atoms with Gasteiger partial charge in [-0.25, -0.2) is 9.59 Å². The molecular formula is C44H77N13O11. The van der Waals surface area contributed by atoms with Crippen LogP contribution in [0.3, 0.4) is 0 Å². The van der Waals surface area contributed by atoms with Crippen molar-refractivity contribution in [3.63, 3.8) is 0 Å². The summed E-state index contributed by atoms with van der Waals surface area (Å²) in [5.41, 5.74) is 10.8. The summed E-state index contributed by atoms with van der Waals surface area (Å²) in [4.78, 5) is 130. The number of carbonyl (C=O) groups excluding carboxylic acids is 8. The largest absolute Gasteiger partial charge is 0.481 e. The van der Waals surface area contributed by atoms with Crippen LogP contribution in [-0.2, 0) is 38.3 Å². The first-order valence-corrected chi connectivity index (χ1v) is 23.5. The van der Waals surface area contributed by atoms with E-state index in [1.807, 2.05) is 6.92 Å². The third-order valence-electron chi connectivity index (χ3n) is 11.5. The second kappa shape index (κ2) is 28.8. The van der Waals surface area contributed by atoms with Crippen molar-refractivity contribution in [1.29, 1.82) is 0 Å². The van der Waals surface area contributed by atoms with Crippen molar-refractivity contribution < 1.29 is 53.0 Å². The van der Waals surface area contributed by atoms with Gasteiger partial charge in [0, 0.05) is 59.7 Å². The lowest BCUT2D eigenvalue weighted by Gasteiger charge is -2.31. The summed E-state index contributed by atoms with van der Waals surface area (Å²) in [7, 11) is 2.97. The molecule has 0 radical (unpaired) electrons. The number of aliphatic imine (C=N–C) groups is 2. The monoisotopic (exact) mass is 964 g/mol. The Morgan fingerprint density at radius 1 is 0.765 bits per heavy atom. The Kier molecular flexibility index (Phi) is 24.6. The minimum Gasteiger partial charge on any atom is -0.481 e. The lowest BCUT2D eigenvalue weighted by atomic mass is 9.94. The number of amidine groups is 1. The number of urea groups is 1. The van der Waals surface area contributed by atoms with Gasteiger partial charge in [-0.05, 0) is 98.8 Å². The van der Waals surface area contributed by atoms with Gasteiger partial charge in [-0.15, -0.1) is 0 Å². The molecule has 2 fully saturated rings. The van der Waals surface area contributed by atoms with E-state index in [2.05, 4.69) is 47.2 Å². The molecule has 0 spiro atoms. The fourth-order valence-corrected chi connectivity index (χ4v) is 7.64. The number of ketones is 1. The second-order valence-electron chi connectivity index (χ2n) is 18.0. The van der Waals surface area contributed by atoms with E-state index in [4.69, 9.17) is 16.2 Å². The highest BCUT2D eigenvalue weighted by Gasteiger charge is 2.41. The topological polar surface area (TPSA) is 351 Å². The van der Waals surface area contributed by atoms with E-state index in [0.29, 0.717) is 57.3 Å². The number of guanidine groups is 1. The van der Waals surface area contributed by atoms with Gasteiger partial charge >= 0.3 is 18.1 Å². The number of hydrogen-bond donors (Lipinski definition) is 10. The highest BCUT2D eigenvalue weighted by molar-refractivity contribution is 5.97. The third-order valence-corrected chi connectivity index (χ3v) is 11.5. The van der Waals surface area contributed by atoms with Gasteiger partial charge in [0.25, 0.3) is 0 Å². The summed E-state index contributed by atoms with van der Waals surface area (Å²) in [6.45, 7) is 11.0. The molecule has 0 aromatic heterocycles. The zero-order valence-electron chi connectivity index (χ0n) is 41.0. The van der Waals surface area contributed by atoms with Gasteiger partial charge < -0.3 is 68.3 Å².